The van der Waals surface area contributed by atoms with Crippen LogP contribution in [-0.4, -0.2) is 25.6 Å². The average molecular weight is 417 g/mol. The van der Waals surface area contributed by atoms with Crippen molar-refractivity contribution in [3.63, 3.8) is 0 Å². The first-order valence-electron chi connectivity index (χ1n) is 8.26. The van der Waals surface area contributed by atoms with E-state index in [1.165, 1.54) is 0 Å². The smallest absolute Gasteiger partial charge is 0.338 e. The number of aromatic carboxylic acids is 1. The number of nitrogens with one attached hydrogen (secondary N) is 2. The molecule has 0 unspecified atom stereocenters. The number of imidazole rings is 1. The monoisotopic (exact) mass is 416 g/mol. The van der Waals surface area contributed by atoms with Crippen LogP contribution in [0.5, 0.6) is 0 Å². The maximum Gasteiger partial charge on any atom is 0.338 e. The zero-order chi connectivity index (χ0) is 20.2. The predicted octanol–water partition coefficient (Wildman–Crippen LogP) is 4.47. The number of pyridine rings is 1. The van der Waals surface area contributed by atoms with Gasteiger partial charge < -0.3 is 20.0 Å². The molecule has 0 fully saturated rings. The third-order valence-electron chi connectivity index (χ3n) is 4.62. The first kappa shape index (κ1) is 18.3. The first-order valence-corrected chi connectivity index (χ1v) is 9.01. The van der Waals surface area contributed by atoms with Crippen molar-refractivity contribution in [2.24, 2.45) is 7.05 Å². The van der Waals surface area contributed by atoms with Gasteiger partial charge in [0.25, 0.3) is 5.56 Å². The molecule has 7 nitrogen and oxygen atoms in total. The molecule has 2 heterocycles. The molecule has 0 saturated carbocycles. The Morgan fingerprint density at radius 3 is 2.54 bits per heavy atom. The Morgan fingerprint density at radius 2 is 1.89 bits per heavy atom. The standard InChI is InChI=1S/C19H14Cl2N4O3/c1-8-13(18(27)28)9-6-7-12-16(14(9)17(26)22-8)25(2)19(23-12)24-15-10(20)4-3-5-11(15)21/h3-7H,1-2H3,(H,22,26)(H,23,24)(H,27,28). The van der Waals surface area contributed by atoms with E-state index in [2.05, 4.69) is 15.3 Å². The van der Waals surface area contributed by atoms with Crippen LogP contribution in [0.1, 0.15) is 16.1 Å². The number of benzene rings is 2. The van der Waals surface area contributed by atoms with E-state index in [1.807, 2.05) is 0 Å². The Balaban J connectivity index is 2.02. The summed E-state index contributed by atoms with van der Waals surface area (Å²) in [6.45, 7) is 1.56. The van der Waals surface area contributed by atoms with Crippen LogP contribution >= 0.6 is 23.2 Å². The lowest BCUT2D eigenvalue weighted by molar-refractivity contribution is 0.0698. The topological polar surface area (TPSA) is 100 Å². The van der Waals surface area contributed by atoms with Gasteiger partial charge in [-0.15, -0.1) is 0 Å². The van der Waals surface area contributed by atoms with E-state index < -0.39 is 5.97 Å². The minimum Gasteiger partial charge on any atom is -0.478 e. The van der Waals surface area contributed by atoms with Crippen molar-refractivity contribution >= 4 is 62.6 Å². The number of nitrogens with zero attached hydrogens (tertiary/aromatic N) is 2. The molecule has 2 aromatic carbocycles. The minimum atomic E-state index is -1.11. The molecular formula is C19H14Cl2N4O3. The Kier molecular flexibility index (Phi) is 4.28. The predicted molar refractivity (Wildman–Crippen MR) is 110 cm³/mol. The van der Waals surface area contributed by atoms with E-state index in [-0.39, 0.29) is 16.5 Å². The second-order valence-corrected chi connectivity index (χ2v) is 7.15. The van der Waals surface area contributed by atoms with Gasteiger partial charge in [0.1, 0.15) is 0 Å². The molecule has 0 atom stereocenters. The van der Waals surface area contributed by atoms with Crippen LogP contribution in [-0.2, 0) is 7.05 Å². The van der Waals surface area contributed by atoms with E-state index in [1.54, 1.807) is 48.9 Å². The highest BCUT2D eigenvalue weighted by molar-refractivity contribution is 6.39. The maximum absolute atomic E-state index is 12.7. The number of aryl methyl sites for hydroxylation is 2. The molecule has 0 spiro atoms. The number of fused-ring (bicyclic) bond motifs is 3. The van der Waals surface area contributed by atoms with Crippen molar-refractivity contribution in [3.8, 4) is 0 Å². The lowest BCUT2D eigenvalue weighted by atomic mass is 10.0. The average Bonchev–Trinajstić information content (AvgIpc) is 2.93. The molecule has 142 valence electrons. The number of carboxylic acid groups (broad SMARTS) is 1. The fourth-order valence-electron chi connectivity index (χ4n) is 3.36. The van der Waals surface area contributed by atoms with Crippen molar-refractivity contribution in [3.05, 3.63) is 62.0 Å². The quantitative estimate of drug-likeness (QED) is 0.457. The maximum atomic E-state index is 12.7. The van der Waals surface area contributed by atoms with E-state index >= 15 is 0 Å². The summed E-state index contributed by atoms with van der Waals surface area (Å²) < 4.78 is 1.67. The van der Waals surface area contributed by atoms with Crippen LogP contribution in [0.25, 0.3) is 21.8 Å². The summed E-state index contributed by atoms with van der Waals surface area (Å²) in [5.74, 6) is -0.698. The van der Waals surface area contributed by atoms with Crippen LogP contribution in [0.4, 0.5) is 11.6 Å². The van der Waals surface area contributed by atoms with Gasteiger partial charge in [-0.2, -0.15) is 0 Å². The van der Waals surface area contributed by atoms with Crippen LogP contribution in [0.15, 0.2) is 35.1 Å². The third kappa shape index (κ3) is 2.71. The van der Waals surface area contributed by atoms with Gasteiger partial charge in [-0.1, -0.05) is 35.3 Å². The summed E-state index contributed by atoms with van der Waals surface area (Å²) >= 11 is 12.4. The van der Waals surface area contributed by atoms with Gasteiger partial charge in [0.2, 0.25) is 5.95 Å². The molecule has 28 heavy (non-hydrogen) atoms. The van der Waals surface area contributed by atoms with E-state index in [9.17, 15) is 14.7 Å². The molecule has 4 aromatic rings. The summed E-state index contributed by atoms with van der Waals surface area (Å²) in [6, 6.07) is 8.40. The number of anilines is 2. The second-order valence-electron chi connectivity index (χ2n) is 6.33. The molecule has 0 aliphatic heterocycles. The van der Waals surface area contributed by atoms with Crippen LogP contribution in [0.3, 0.4) is 0 Å². The number of hydrogen-bond donors (Lipinski definition) is 3. The van der Waals surface area contributed by atoms with Crippen molar-refractivity contribution < 1.29 is 9.90 Å². The van der Waals surface area contributed by atoms with Crippen LogP contribution in [0.2, 0.25) is 10.0 Å². The number of para-hydroxylation sites is 1. The van der Waals surface area contributed by atoms with Crippen molar-refractivity contribution in [1.29, 1.82) is 0 Å². The van der Waals surface area contributed by atoms with Gasteiger partial charge in [-0.25, -0.2) is 9.78 Å². The summed E-state index contributed by atoms with van der Waals surface area (Å²) in [4.78, 5) is 31.5. The summed E-state index contributed by atoms with van der Waals surface area (Å²) in [5, 5.41) is 14.1. The highest BCUT2D eigenvalue weighted by Gasteiger charge is 2.20. The number of aromatic amines is 1. The SMILES string of the molecule is Cc1[nH]c(=O)c2c(ccc3nc(Nc4c(Cl)cccc4Cl)n(C)c32)c1C(=O)O. The zero-order valence-corrected chi connectivity index (χ0v) is 16.3. The molecule has 0 radical (unpaired) electrons. The molecule has 2 aromatic heterocycles. The molecular weight excluding hydrogens is 403 g/mol. The summed E-state index contributed by atoms with van der Waals surface area (Å²) in [5.41, 5.74) is 1.50. The summed E-state index contributed by atoms with van der Waals surface area (Å²) in [7, 11) is 1.72. The van der Waals surface area contributed by atoms with Gasteiger partial charge in [-0.3, -0.25) is 4.79 Å². The van der Waals surface area contributed by atoms with E-state index in [0.29, 0.717) is 43.8 Å². The number of halogens is 2. The fourth-order valence-corrected chi connectivity index (χ4v) is 3.85. The molecule has 0 bridgehead atoms. The number of carbonyl (C=O) groups is 1. The molecule has 0 aliphatic carbocycles. The van der Waals surface area contributed by atoms with Gasteiger partial charge in [-0.05, 0) is 25.1 Å². The molecule has 0 aliphatic rings. The van der Waals surface area contributed by atoms with Crippen molar-refractivity contribution in [2.45, 2.75) is 6.92 Å². The Hall–Kier alpha value is -3.03. The number of aromatic nitrogens is 3. The van der Waals surface area contributed by atoms with Crippen LogP contribution in [0, 0.1) is 6.92 Å². The second kappa shape index (κ2) is 6.54. The highest BCUT2D eigenvalue weighted by Crippen LogP contribution is 2.34. The van der Waals surface area contributed by atoms with Gasteiger partial charge >= 0.3 is 5.97 Å². The Bertz CT molecular complexity index is 1320. The number of hydrogen-bond acceptors (Lipinski definition) is 4. The first-order chi connectivity index (χ1) is 13.3. The van der Waals surface area contributed by atoms with Crippen molar-refractivity contribution in [2.75, 3.05) is 5.32 Å². The Labute approximate surface area is 168 Å². The Morgan fingerprint density at radius 1 is 1.21 bits per heavy atom. The van der Waals surface area contributed by atoms with E-state index in [0.717, 1.165) is 0 Å². The highest BCUT2D eigenvalue weighted by atomic mass is 35.5. The number of rotatable bonds is 3. The third-order valence-corrected chi connectivity index (χ3v) is 5.25. The minimum absolute atomic E-state index is 0.0568. The summed E-state index contributed by atoms with van der Waals surface area (Å²) in [6.07, 6.45) is 0. The number of carboxylic acids is 1. The molecule has 4 rings (SSSR count). The van der Waals surface area contributed by atoms with Gasteiger partial charge in [0.15, 0.2) is 0 Å². The molecule has 9 heteroatoms. The van der Waals surface area contributed by atoms with E-state index in [4.69, 9.17) is 23.2 Å². The normalized spacial score (nSPS) is 11.3. The molecule has 0 saturated heterocycles. The van der Waals surface area contributed by atoms with Gasteiger partial charge in [0, 0.05) is 18.1 Å². The largest absolute Gasteiger partial charge is 0.478 e. The van der Waals surface area contributed by atoms with Crippen molar-refractivity contribution in [1.82, 2.24) is 14.5 Å². The molecule has 3 N–H and O–H groups in total. The fraction of sp³-hybridized carbons (Fsp3) is 0.105. The lowest BCUT2D eigenvalue weighted by Crippen LogP contribution is -2.15. The van der Waals surface area contributed by atoms with Gasteiger partial charge in [0.05, 0.1) is 37.7 Å². The zero-order valence-electron chi connectivity index (χ0n) is 14.8. The molecule has 0 amide bonds. The lowest BCUT2D eigenvalue weighted by Gasteiger charge is -2.10. The van der Waals surface area contributed by atoms with Crippen LogP contribution < -0.4 is 10.9 Å². The number of H-pyrrole nitrogens is 1.